The van der Waals surface area contributed by atoms with Gasteiger partial charge < -0.3 is 15.1 Å². The van der Waals surface area contributed by atoms with E-state index in [2.05, 4.69) is 0 Å². The van der Waals surface area contributed by atoms with Gasteiger partial charge in [-0.05, 0) is 37.6 Å². The second-order valence-corrected chi connectivity index (χ2v) is 5.23. The van der Waals surface area contributed by atoms with E-state index in [9.17, 15) is 14.4 Å². The number of carbonyl (C=O) groups excluding carboxylic acids is 1. The van der Waals surface area contributed by atoms with Crippen LogP contribution in [0.2, 0.25) is 0 Å². The van der Waals surface area contributed by atoms with Crippen LogP contribution in [0.4, 0.5) is 0 Å². The van der Waals surface area contributed by atoms with Gasteiger partial charge in [-0.2, -0.15) is 0 Å². The molecule has 1 saturated heterocycles. The minimum atomic E-state index is -1.05. The average molecular weight is 277 g/mol. The number of nitrogens with zero attached hydrogens (tertiary/aromatic N) is 1. The van der Waals surface area contributed by atoms with Crippen LogP contribution in [0.1, 0.15) is 34.1 Å². The number of aromatic carboxylic acids is 1. The zero-order valence-corrected chi connectivity index (χ0v) is 11.0. The first-order chi connectivity index (χ1) is 9.33. The maximum atomic E-state index is 12.2. The molecule has 1 fully saturated rings. The first-order valence-electron chi connectivity index (χ1n) is 6.19. The lowest BCUT2D eigenvalue weighted by molar-refractivity contribution is -0.147. The molecule has 0 spiro atoms. The van der Waals surface area contributed by atoms with Gasteiger partial charge in [0.25, 0.3) is 5.91 Å². The Morgan fingerprint density at radius 3 is 2.10 bits per heavy atom. The van der Waals surface area contributed by atoms with Gasteiger partial charge in [-0.3, -0.25) is 9.59 Å². The Labute approximate surface area is 115 Å². The van der Waals surface area contributed by atoms with Gasteiger partial charge in [0.05, 0.1) is 11.0 Å². The van der Waals surface area contributed by atoms with Crippen molar-refractivity contribution in [2.75, 3.05) is 13.1 Å². The van der Waals surface area contributed by atoms with Crippen LogP contribution in [0, 0.1) is 5.41 Å². The Bertz CT molecular complexity index is 565. The summed E-state index contributed by atoms with van der Waals surface area (Å²) in [5.74, 6) is -2.23. The summed E-state index contributed by atoms with van der Waals surface area (Å²) in [5.41, 5.74) is -0.431. The number of hydrogen-bond donors (Lipinski definition) is 2. The summed E-state index contributed by atoms with van der Waals surface area (Å²) in [6, 6.07) is 5.62. The Balaban J connectivity index is 2.13. The monoisotopic (exact) mass is 277 g/mol. The molecule has 0 aliphatic carbocycles. The van der Waals surface area contributed by atoms with E-state index in [4.69, 9.17) is 10.2 Å². The lowest BCUT2D eigenvalue weighted by Crippen LogP contribution is -2.34. The quantitative estimate of drug-likeness (QED) is 0.868. The molecule has 106 valence electrons. The lowest BCUT2D eigenvalue weighted by atomic mass is 9.90. The first kappa shape index (κ1) is 14.0. The average Bonchev–Trinajstić information content (AvgIpc) is 2.82. The molecule has 1 atom stereocenters. The number of carboxylic acid groups (broad SMARTS) is 2. The Morgan fingerprint density at radius 2 is 1.65 bits per heavy atom. The molecule has 1 heterocycles. The maximum Gasteiger partial charge on any atom is 0.335 e. The van der Waals surface area contributed by atoms with Crippen molar-refractivity contribution in [1.29, 1.82) is 0 Å². The topological polar surface area (TPSA) is 94.9 Å². The minimum absolute atomic E-state index is 0.110. The van der Waals surface area contributed by atoms with E-state index < -0.39 is 17.4 Å². The third-order valence-electron chi connectivity index (χ3n) is 3.66. The van der Waals surface area contributed by atoms with Crippen molar-refractivity contribution >= 4 is 17.8 Å². The largest absolute Gasteiger partial charge is 0.481 e. The highest BCUT2D eigenvalue weighted by Gasteiger charge is 2.42. The molecule has 6 heteroatoms. The molecule has 1 unspecified atom stereocenters. The molecular formula is C14H15NO5. The summed E-state index contributed by atoms with van der Waals surface area (Å²) >= 11 is 0. The van der Waals surface area contributed by atoms with Gasteiger partial charge in [0.15, 0.2) is 0 Å². The summed E-state index contributed by atoms with van der Waals surface area (Å²) in [4.78, 5) is 35.6. The Hall–Kier alpha value is -2.37. The van der Waals surface area contributed by atoms with Crippen LogP contribution in [-0.4, -0.2) is 46.0 Å². The van der Waals surface area contributed by atoms with Gasteiger partial charge in [0, 0.05) is 18.7 Å². The third-order valence-corrected chi connectivity index (χ3v) is 3.66. The van der Waals surface area contributed by atoms with E-state index in [1.807, 2.05) is 0 Å². The van der Waals surface area contributed by atoms with Gasteiger partial charge in [-0.15, -0.1) is 0 Å². The van der Waals surface area contributed by atoms with Crippen LogP contribution < -0.4 is 0 Å². The third kappa shape index (κ3) is 2.49. The van der Waals surface area contributed by atoms with Crippen LogP contribution in [0.5, 0.6) is 0 Å². The zero-order valence-electron chi connectivity index (χ0n) is 11.0. The molecule has 1 aromatic carbocycles. The second kappa shape index (κ2) is 4.96. The minimum Gasteiger partial charge on any atom is -0.481 e. The summed E-state index contributed by atoms with van der Waals surface area (Å²) in [6.45, 7) is 2.18. The van der Waals surface area contributed by atoms with E-state index in [0.717, 1.165) is 0 Å². The lowest BCUT2D eigenvalue weighted by Gasteiger charge is -2.20. The van der Waals surface area contributed by atoms with Crippen LogP contribution in [-0.2, 0) is 4.79 Å². The van der Waals surface area contributed by atoms with Crippen LogP contribution in [0.3, 0.4) is 0 Å². The summed E-state index contributed by atoms with van der Waals surface area (Å²) < 4.78 is 0. The molecule has 0 radical (unpaired) electrons. The van der Waals surface area contributed by atoms with Crippen LogP contribution in [0.15, 0.2) is 24.3 Å². The van der Waals surface area contributed by atoms with Crippen molar-refractivity contribution in [3.8, 4) is 0 Å². The van der Waals surface area contributed by atoms with Crippen molar-refractivity contribution < 1.29 is 24.6 Å². The number of carboxylic acids is 2. The fourth-order valence-electron chi connectivity index (χ4n) is 2.25. The normalized spacial score (nSPS) is 21.8. The molecule has 1 aliphatic heterocycles. The number of rotatable bonds is 3. The number of likely N-dealkylation sites (tertiary alicyclic amines) is 1. The Kier molecular flexibility index (Phi) is 3.48. The fourth-order valence-corrected chi connectivity index (χ4v) is 2.25. The smallest absolute Gasteiger partial charge is 0.335 e. The molecule has 2 rings (SSSR count). The molecular weight excluding hydrogens is 262 g/mol. The fraction of sp³-hybridized carbons (Fsp3) is 0.357. The van der Waals surface area contributed by atoms with E-state index in [1.54, 1.807) is 6.92 Å². The standard InChI is InChI=1S/C14H15NO5/c1-14(13(19)20)6-7-15(8-14)11(16)9-2-4-10(5-3-9)12(17)18/h2-5H,6-8H2,1H3,(H,17,18)(H,19,20). The summed E-state index contributed by atoms with van der Waals surface area (Å²) in [5, 5.41) is 17.9. The number of aliphatic carboxylic acids is 1. The number of hydrogen-bond acceptors (Lipinski definition) is 3. The van der Waals surface area contributed by atoms with Crippen molar-refractivity contribution in [3.05, 3.63) is 35.4 Å². The van der Waals surface area contributed by atoms with E-state index in [-0.39, 0.29) is 18.0 Å². The molecule has 0 saturated carbocycles. The highest BCUT2D eigenvalue weighted by atomic mass is 16.4. The van der Waals surface area contributed by atoms with Crippen molar-refractivity contribution in [1.82, 2.24) is 4.90 Å². The predicted octanol–water partition coefficient (Wildman–Crippen LogP) is 1.32. The molecule has 20 heavy (non-hydrogen) atoms. The van der Waals surface area contributed by atoms with E-state index in [1.165, 1.54) is 29.2 Å². The van der Waals surface area contributed by atoms with Crippen molar-refractivity contribution in [3.63, 3.8) is 0 Å². The molecule has 6 nitrogen and oxygen atoms in total. The number of carbonyl (C=O) groups is 3. The highest BCUT2D eigenvalue weighted by Crippen LogP contribution is 2.30. The molecule has 0 aromatic heterocycles. The molecule has 2 N–H and O–H groups in total. The summed E-state index contributed by atoms with van der Waals surface area (Å²) in [7, 11) is 0. The SMILES string of the molecule is CC1(C(=O)O)CCN(C(=O)c2ccc(C(=O)O)cc2)C1. The van der Waals surface area contributed by atoms with Gasteiger partial charge in [-0.25, -0.2) is 4.79 Å². The van der Waals surface area contributed by atoms with E-state index >= 15 is 0 Å². The van der Waals surface area contributed by atoms with Gasteiger partial charge >= 0.3 is 11.9 Å². The van der Waals surface area contributed by atoms with E-state index in [0.29, 0.717) is 18.5 Å². The van der Waals surface area contributed by atoms with Gasteiger partial charge in [-0.1, -0.05) is 0 Å². The number of amides is 1. The second-order valence-electron chi connectivity index (χ2n) is 5.23. The summed E-state index contributed by atoms with van der Waals surface area (Å²) in [6.07, 6.45) is 0.418. The molecule has 1 amide bonds. The molecule has 1 aromatic rings. The van der Waals surface area contributed by atoms with Crippen LogP contribution >= 0.6 is 0 Å². The molecule has 1 aliphatic rings. The first-order valence-corrected chi connectivity index (χ1v) is 6.19. The van der Waals surface area contributed by atoms with Crippen molar-refractivity contribution in [2.24, 2.45) is 5.41 Å². The zero-order chi connectivity index (χ0) is 14.9. The van der Waals surface area contributed by atoms with Gasteiger partial charge in [0.2, 0.25) is 0 Å². The van der Waals surface area contributed by atoms with Crippen LogP contribution in [0.25, 0.3) is 0 Å². The predicted molar refractivity (Wildman–Crippen MR) is 69.7 cm³/mol. The Morgan fingerprint density at radius 1 is 1.10 bits per heavy atom. The van der Waals surface area contributed by atoms with Gasteiger partial charge in [0.1, 0.15) is 0 Å². The van der Waals surface area contributed by atoms with Crippen molar-refractivity contribution in [2.45, 2.75) is 13.3 Å². The maximum absolute atomic E-state index is 12.2. The number of benzene rings is 1. The molecule has 0 bridgehead atoms. The highest BCUT2D eigenvalue weighted by molar-refractivity contribution is 5.96.